The van der Waals surface area contributed by atoms with Crippen molar-refractivity contribution in [3.63, 3.8) is 0 Å². The number of aliphatic imine (C=N–C) groups is 1. The van der Waals surface area contributed by atoms with Gasteiger partial charge in [-0.3, -0.25) is 14.4 Å². The highest BCUT2D eigenvalue weighted by Gasteiger charge is 2.30. The zero-order chi connectivity index (χ0) is 33.4. The molecule has 2 amide bonds. The lowest BCUT2D eigenvalue weighted by atomic mass is 10.1. The van der Waals surface area contributed by atoms with Crippen LogP contribution >= 0.6 is 11.8 Å². The molecule has 2 fully saturated rings. The van der Waals surface area contributed by atoms with E-state index in [0.717, 1.165) is 30.7 Å². The second-order valence-electron chi connectivity index (χ2n) is 11.3. The summed E-state index contributed by atoms with van der Waals surface area (Å²) in [6, 6.07) is 7.98. The number of aromatic carboxylic acids is 1. The predicted molar refractivity (Wildman–Crippen MR) is 176 cm³/mol. The summed E-state index contributed by atoms with van der Waals surface area (Å²) in [4.78, 5) is 58.2. The van der Waals surface area contributed by atoms with Crippen LogP contribution in [0, 0.1) is 5.82 Å². The fourth-order valence-corrected chi connectivity index (χ4v) is 6.50. The number of nitrogens with two attached hydrogens (primary N) is 1. The number of piperazine rings is 1. The highest BCUT2D eigenvalue weighted by molar-refractivity contribution is 8.14. The summed E-state index contributed by atoms with van der Waals surface area (Å²) in [5, 5.41) is 12.5. The second-order valence-corrected chi connectivity index (χ2v) is 12.3. The summed E-state index contributed by atoms with van der Waals surface area (Å²) >= 11 is 1.08. The lowest BCUT2D eigenvalue weighted by molar-refractivity contribution is -0.128. The standard InChI is InChI=1S/C32H33FN6O7S/c1-45-25-6-3-17(12-26(25)46-2)11-20-29(34)35-32(36-30(20)42)47-16-27(40)38-9-7-37(8-10-38)24-14-23-19(13-22(24)33)28(41)21(31(43)44)15-39(23)18-4-5-18/h3,6,11-15,18,29H,4-5,7-10,16,34H2,1-2H3,(H,43,44)(H,35,36,42)/b20-11+. The van der Waals surface area contributed by atoms with Crippen molar-refractivity contribution in [1.82, 2.24) is 14.8 Å². The first-order valence-corrected chi connectivity index (χ1v) is 15.9. The molecule has 15 heteroatoms. The van der Waals surface area contributed by atoms with Gasteiger partial charge >= 0.3 is 5.97 Å². The van der Waals surface area contributed by atoms with Gasteiger partial charge in [-0.25, -0.2) is 14.2 Å². The first kappa shape index (κ1) is 32.1. The maximum Gasteiger partial charge on any atom is 0.341 e. The minimum atomic E-state index is -1.34. The van der Waals surface area contributed by atoms with Gasteiger partial charge in [-0.15, -0.1) is 0 Å². The highest BCUT2D eigenvalue weighted by atomic mass is 32.2. The molecule has 1 atom stereocenters. The number of methoxy groups -OCH3 is 2. The maximum absolute atomic E-state index is 15.3. The summed E-state index contributed by atoms with van der Waals surface area (Å²) in [5.41, 5.74) is 6.81. The van der Waals surface area contributed by atoms with Crippen LogP contribution in [-0.2, 0) is 9.59 Å². The van der Waals surface area contributed by atoms with Crippen LogP contribution in [0.2, 0.25) is 0 Å². The van der Waals surface area contributed by atoms with Crippen molar-refractivity contribution in [2.45, 2.75) is 25.0 Å². The van der Waals surface area contributed by atoms with Crippen LogP contribution < -0.4 is 30.9 Å². The topological polar surface area (TPSA) is 169 Å². The van der Waals surface area contributed by atoms with Crippen molar-refractivity contribution >= 4 is 57.4 Å². The molecular formula is C32H33FN6O7S. The Balaban J connectivity index is 1.08. The Morgan fingerprint density at radius 3 is 2.47 bits per heavy atom. The summed E-state index contributed by atoms with van der Waals surface area (Å²) in [7, 11) is 3.05. The Kier molecular flexibility index (Phi) is 8.92. The fraction of sp³-hybridized carbons (Fsp3) is 0.344. The molecule has 3 aromatic rings. The van der Waals surface area contributed by atoms with E-state index < -0.39 is 29.3 Å². The van der Waals surface area contributed by atoms with Crippen molar-refractivity contribution in [3.8, 4) is 11.5 Å². The van der Waals surface area contributed by atoms with E-state index in [1.807, 2.05) is 4.90 Å². The molecule has 1 unspecified atom stereocenters. The second kappa shape index (κ2) is 13.1. The van der Waals surface area contributed by atoms with Crippen LogP contribution in [0.5, 0.6) is 11.5 Å². The van der Waals surface area contributed by atoms with E-state index in [2.05, 4.69) is 10.3 Å². The third-order valence-electron chi connectivity index (χ3n) is 8.36. The Hall–Kier alpha value is -4.89. The summed E-state index contributed by atoms with van der Waals surface area (Å²) in [5.74, 6) is -1.49. The van der Waals surface area contributed by atoms with Gasteiger partial charge < -0.3 is 40.0 Å². The van der Waals surface area contributed by atoms with Crippen LogP contribution in [0.15, 0.2) is 51.9 Å². The number of benzene rings is 2. The number of carbonyl (C=O) groups excluding carboxylic acids is 2. The number of hydrogen-bond donors (Lipinski definition) is 3. The van der Waals surface area contributed by atoms with Gasteiger partial charge in [0.1, 0.15) is 17.5 Å². The van der Waals surface area contributed by atoms with Gasteiger partial charge in [-0.2, -0.15) is 0 Å². The molecule has 2 aromatic carbocycles. The van der Waals surface area contributed by atoms with Crippen molar-refractivity contribution < 1.29 is 33.4 Å². The number of aromatic nitrogens is 1. The summed E-state index contributed by atoms with van der Waals surface area (Å²) in [6.45, 7) is 1.38. The number of rotatable bonds is 8. The zero-order valence-electron chi connectivity index (χ0n) is 25.7. The van der Waals surface area contributed by atoms with Crippen molar-refractivity contribution in [1.29, 1.82) is 0 Å². The molecule has 1 saturated heterocycles. The van der Waals surface area contributed by atoms with E-state index in [0.29, 0.717) is 54.4 Å². The molecule has 1 aromatic heterocycles. The molecule has 0 bridgehead atoms. The molecule has 4 N–H and O–H groups in total. The van der Waals surface area contributed by atoms with Crippen molar-refractivity contribution in [3.05, 3.63) is 69.3 Å². The molecule has 3 aliphatic rings. The maximum atomic E-state index is 15.3. The normalized spacial score (nSPS) is 19.1. The summed E-state index contributed by atoms with van der Waals surface area (Å²) in [6.07, 6.45) is 3.74. The molecule has 1 saturated carbocycles. The van der Waals surface area contributed by atoms with E-state index in [-0.39, 0.29) is 39.4 Å². The minimum absolute atomic E-state index is 0.0183. The molecule has 0 spiro atoms. The smallest absolute Gasteiger partial charge is 0.341 e. The molecular weight excluding hydrogens is 631 g/mol. The number of halogens is 1. The van der Waals surface area contributed by atoms with Crippen molar-refractivity contribution in [2.24, 2.45) is 10.7 Å². The number of carboxylic acids is 1. The quantitative estimate of drug-likeness (QED) is 0.304. The van der Waals surface area contributed by atoms with Gasteiger partial charge in [0.15, 0.2) is 16.7 Å². The molecule has 47 heavy (non-hydrogen) atoms. The predicted octanol–water partition coefficient (Wildman–Crippen LogP) is 2.43. The molecule has 246 valence electrons. The monoisotopic (exact) mass is 664 g/mol. The Morgan fingerprint density at radius 1 is 1.11 bits per heavy atom. The number of amidine groups is 1. The van der Waals surface area contributed by atoms with E-state index in [4.69, 9.17) is 15.2 Å². The SMILES string of the molecule is COc1ccc(/C=C2/C(=O)NC(SCC(=O)N3CCN(c4cc5c(cc4F)c(=O)c(C(=O)O)cn5C4CC4)CC3)=NC2N)cc1OC. The number of nitrogens with zero attached hydrogens (tertiary/aromatic N) is 4. The largest absolute Gasteiger partial charge is 0.493 e. The van der Waals surface area contributed by atoms with Gasteiger partial charge in [-0.05, 0) is 48.7 Å². The number of anilines is 1. The fourth-order valence-electron chi connectivity index (χ4n) is 5.70. The van der Waals surface area contributed by atoms with Crippen LogP contribution in [0.3, 0.4) is 0 Å². The van der Waals surface area contributed by atoms with Gasteiger partial charge in [0.05, 0.1) is 36.7 Å². The number of pyridine rings is 1. The van der Waals surface area contributed by atoms with E-state index in [1.165, 1.54) is 20.4 Å². The number of thioether (sulfide) groups is 1. The molecule has 6 rings (SSSR count). The molecule has 13 nitrogen and oxygen atoms in total. The average Bonchev–Trinajstić information content (AvgIpc) is 3.91. The highest BCUT2D eigenvalue weighted by Crippen LogP contribution is 2.38. The number of amides is 2. The van der Waals surface area contributed by atoms with E-state index in [1.54, 1.807) is 39.8 Å². The number of nitrogens with one attached hydrogen (secondary N) is 1. The number of carboxylic acid groups (broad SMARTS) is 1. The average molecular weight is 665 g/mol. The summed E-state index contributed by atoms with van der Waals surface area (Å²) < 4.78 is 27.7. The molecule has 3 heterocycles. The first-order valence-electron chi connectivity index (χ1n) is 14.9. The number of ether oxygens (including phenoxy) is 2. The van der Waals surface area contributed by atoms with E-state index >= 15 is 4.39 Å². The molecule has 1 aliphatic carbocycles. The van der Waals surface area contributed by atoms with Gasteiger partial charge in [0.2, 0.25) is 11.3 Å². The Morgan fingerprint density at radius 2 is 1.83 bits per heavy atom. The van der Waals surface area contributed by atoms with Crippen LogP contribution in [0.1, 0.15) is 34.8 Å². The number of hydrogen-bond acceptors (Lipinski definition) is 10. The van der Waals surface area contributed by atoms with Gasteiger partial charge in [0.25, 0.3) is 5.91 Å². The number of carbonyl (C=O) groups is 3. The minimum Gasteiger partial charge on any atom is -0.493 e. The lowest BCUT2D eigenvalue weighted by Crippen LogP contribution is -2.50. The molecule has 2 aliphatic heterocycles. The Labute approximate surface area is 272 Å². The van der Waals surface area contributed by atoms with E-state index in [9.17, 15) is 24.3 Å². The first-order chi connectivity index (χ1) is 22.6. The zero-order valence-corrected chi connectivity index (χ0v) is 26.5. The van der Waals surface area contributed by atoms with Crippen molar-refractivity contribution in [2.75, 3.05) is 51.1 Å². The Bertz CT molecular complexity index is 1900. The van der Waals surface area contributed by atoms with Crippen LogP contribution in [0.4, 0.5) is 10.1 Å². The number of fused-ring (bicyclic) bond motifs is 1. The third-order valence-corrected chi connectivity index (χ3v) is 9.24. The third kappa shape index (κ3) is 6.53. The van der Waals surface area contributed by atoms with Crippen LogP contribution in [-0.4, -0.2) is 89.8 Å². The van der Waals surface area contributed by atoms with Crippen LogP contribution in [0.25, 0.3) is 17.0 Å². The van der Waals surface area contributed by atoms with Gasteiger partial charge in [0, 0.05) is 43.8 Å². The lowest BCUT2D eigenvalue weighted by Gasteiger charge is -2.36. The van der Waals surface area contributed by atoms with Gasteiger partial charge in [-0.1, -0.05) is 17.8 Å². The molecule has 0 radical (unpaired) electrons.